The van der Waals surface area contributed by atoms with E-state index in [1.165, 1.54) is 35.0 Å². The van der Waals surface area contributed by atoms with Crippen LogP contribution in [0.1, 0.15) is 10.4 Å². The largest absolute Gasteiger partial charge is 0.446 e. The zero-order chi connectivity index (χ0) is 19.7. The third kappa shape index (κ3) is 3.32. The lowest BCUT2D eigenvalue weighted by molar-refractivity contribution is 0.0576. The van der Waals surface area contributed by atoms with Crippen molar-refractivity contribution in [1.29, 1.82) is 0 Å². The van der Waals surface area contributed by atoms with E-state index in [0.29, 0.717) is 22.5 Å². The van der Waals surface area contributed by atoms with Gasteiger partial charge in [0, 0.05) is 11.1 Å². The van der Waals surface area contributed by atoms with Crippen molar-refractivity contribution in [2.75, 3.05) is 6.07 Å². The Kier molecular flexibility index (Phi) is 4.75. The molecule has 2 aromatic carbocycles. The number of hydrogen-bond acceptors (Lipinski definition) is 4. The monoisotopic (exact) mass is 399 g/mol. The smallest absolute Gasteiger partial charge is 0.344 e. The van der Waals surface area contributed by atoms with Crippen molar-refractivity contribution >= 4 is 23.2 Å². The summed E-state index contributed by atoms with van der Waals surface area (Å²) in [6, 6.07) is 13.1. The highest BCUT2D eigenvalue weighted by Crippen LogP contribution is 2.28. The van der Waals surface area contributed by atoms with Crippen LogP contribution in [0.5, 0.6) is 0 Å². The average molecular weight is 400 g/mol. The molecule has 0 bridgehead atoms. The predicted molar refractivity (Wildman–Crippen MR) is 99.9 cm³/mol. The molecular formula is C20H12ClF2N3O2. The van der Waals surface area contributed by atoms with Crippen molar-refractivity contribution in [2.24, 2.45) is 0 Å². The molecule has 0 aliphatic rings. The van der Waals surface area contributed by atoms with E-state index in [4.69, 9.17) is 16.3 Å². The molecule has 4 aromatic rings. The van der Waals surface area contributed by atoms with Crippen molar-refractivity contribution in [3.8, 4) is 22.5 Å². The van der Waals surface area contributed by atoms with Crippen molar-refractivity contribution in [3.63, 3.8) is 0 Å². The van der Waals surface area contributed by atoms with Gasteiger partial charge in [-0.3, -0.25) is 0 Å². The normalized spacial score (nSPS) is 11.0. The molecule has 8 heteroatoms. The fourth-order valence-electron chi connectivity index (χ4n) is 2.83. The summed E-state index contributed by atoms with van der Waals surface area (Å²) in [5.41, 5.74) is 2.76. The van der Waals surface area contributed by atoms with Crippen LogP contribution in [0.15, 0.2) is 60.8 Å². The van der Waals surface area contributed by atoms with Crippen LogP contribution in [0, 0.1) is 11.6 Å². The minimum atomic E-state index is -0.668. The van der Waals surface area contributed by atoms with Crippen LogP contribution in [0.2, 0.25) is 0 Å². The van der Waals surface area contributed by atoms with E-state index in [2.05, 4.69) is 10.1 Å². The van der Waals surface area contributed by atoms with Crippen molar-refractivity contribution in [3.05, 3.63) is 78.0 Å². The van der Waals surface area contributed by atoms with Gasteiger partial charge in [-0.25, -0.2) is 23.1 Å². The molecule has 0 atom stereocenters. The lowest BCUT2D eigenvalue weighted by Crippen LogP contribution is -2.05. The van der Waals surface area contributed by atoms with Gasteiger partial charge in [0.1, 0.15) is 17.2 Å². The summed E-state index contributed by atoms with van der Waals surface area (Å²) in [5, 5.41) is 4.23. The number of ether oxygens (including phenoxy) is 1. The predicted octanol–water partition coefficient (Wildman–Crippen LogP) is 4.69. The highest BCUT2D eigenvalue weighted by atomic mass is 35.5. The van der Waals surface area contributed by atoms with Crippen LogP contribution in [-0.2, 0) is 4.74 Å². The maximum Gasteiger partial charge on any atom is 0.344 e. The number of esters is 1. The second-order valence-electron chi connectivity index (χ2n) is 5.87. The molecule has 4 rings (SSSR count). The summed E-state index contributed by atoms with van der Waals surface area (Å²) in [6.07, 6.45) is 1.33. The topological polar surface area (TPSA) is 56.5 Å². The van der Waals surface area contributed by atoms with E-state index in [-0.39, 0.29) is 28.9 Å². The van der Waals surface area contributed by atoms with Crippen molar-refractivity contribution < 1.29 is 18.3 Å². The molecule has 0 saturated carbocycles. The van der Waals surface area contributed by atoms with Gasteiger partial charge < -0.3 is 4.74 Å². The maximum atomic E-state index is 13.3. The van der Waals surface area contributed by atoms with Gasteiger partial charge in [-0.2, -0.15) is 5.10 Å². The molecule has 0 N–H and O–H groups in total. The quantitative estimate of drug-likeness (QED) is 0.369. The van der Waals surface area contributed by atoms with E-state index in [1.54, 1.807) is 30.3 Å². The molecule has 0 saturated heterocycles. The first kappa shape index (κ1) is 18.1. The van der Waals surface area contributed by atoms with E-state index in [9.17, 15) is 13.6 Å². The van der Waals surface area contributed by atoms with Crippen LogP contribution in [-0.4, -0.2) is 26.6 Å². The first-order valence-electron chi connectivity index (χ1n) is 8.20. The zero-order valence-electron chi connectivity index (χ0n) is 14.3. The van der Waals surface area contributed by atoms with Crippen LogP contribution >= 0.6 is 11.6 Å². The van der Waals surface area contributed by atoms with E-state index < -0.39 is 5.97 Å². The summed E-state index contributed by atoms with van der Waals surface area (Å²) in [4.78, 5) is 16.7. The Hall–Kier alpha value is -3.32. The molecular weight excluding hydrogens is 388 g/mol. The highest BCUT2D eigenvalue weighted by molar-refractivity contribution is 6.18. The van der Waals surface area contributed by atoms with Gasteiger partial charge in [0.05, 0.1) is 17.6 Å². The van der Waals surface area contributed by atoms with Gasteiger partial charge in [-0.15, -0.1) is 0 Å². The van der Waals surface area contributed by atoms with Crippen LogP contribution in [0.4, 0.5) is 8.78 Å². The van der Waals surface area contributed by atoms with Crippen molar-refractivity contribution in [1.82, 2.24) is 14.6 Å². The number of nitrogens with zero attached hydrogens (tertiary/aromatic N) is 3. The number of carbonyl (C=O) groups is 1. The number of fused-ring (bicyclic) bond motifs is 1. The molecule has 2 heterocycles. The molecule has 0 amide bonds. The Bertz CT molecular complexity index is 1160. The van der Waals surface area contributed by atoms with Crippen LogP contribution in [0.3, 0.4) is 0 Å². The Morgan fingerprint density at radius 3 is 2.21 bits per heavy atom. The summed E-state index contributed by atoms with van der Waals surface area (Å²) in [5.74, 6) is -1.42. The first-order valence-corrected chi connectivity index (χ1v) is 8.74. The van der Waals surface area contributed by atoms with Gasteiger partial charge in [0.25, 0.3) is 0 Å². The molecule has 5 nitrogen and oxygen atoms in total. The summed E-state index contributed by atoms with van der Waals surface area (Å²) < 4.78 is 33.0. The molecule has 0 unspecified atom stereocenters. The van der Waals surface area contributed by atoms with Crippen molar-refractivity contribution in [2.45, 2.75) is 0 Å². The molecule has 140 valence electrons. The Morgan fingerprint density at radius 1 is 1.00 bits per heavy atom. The number of hydrogen-bond donors (Lipinski definition) is 0. The fourth-order valence-corrected chi connectivity index (χ4v) is 2.93. The number of benzene rings is 2. The van der Waals surface area contributed by atoms with Crippen LogP contribution in [0.25, 0.3) is 28.2 Å². The minimum Gasteiger partial charge on any atom is -0.446 e. The molecule has 0 aliphatic carbocycles. The van der Waals surface area contributed by atoms with Crippen LogP contribution < -0.4 is 0 Å². The van der Waals surface area contributed by atoms with Gasteiger partial charge in [0.15, 0.2) is 11.7 Å². The van der Waals surface area contributed by atoms with Gasteiger partial charge in [-0.05, 0) is 54.6 Å². The molecule has 28 heavy (non-hydrogen) atoms. The van der Waals surface area contributed by atoms with E-state index in [1.807, 2.05) is 0 Å². The molecule has 0 spiro atoms. The van der Waals surface area contributed by atoms with Gasteiger partial charge in [0.2, 0.25) is 0 Å². The maximum absolute atomic E-state index is 13.3. The molecule has 0 radical (unpaired) electrons. The van der Waals surface area contributed by atoms with E-state index >= 15 is 0 Å². The molecule has 0 aliphatic heterocycles. The summed E-state index contributed by atoms with van der Waals surface area (Å²) >= 11 is 5.49. The third-order valence-corrected chi connectivity index (χ3v) is 4.27. The Morgan fingerprint density at radius 2 is 1.61 bits per heavy atom. The number of halogens is 3. The molecule has 0 fully saturated rings. The molecule has 2 aromatic heterocycles. The lowest BCUT2D eigenvalue weighted by Gasteiger charge is -2.09. The Balaban J connectivity index is 1.97. The average Bonchev–Trinajstić information content (AvgIpc) is 3.13. The number of rotatable bonds is 4. The second kappa shape index (κ2) is 7.36. The summed E-state index contributed by atoms with van der Waals surface area (Å²) in [7, 11) is 0. The minimum absolute atomic E-state index is 0.132. The second-order valence-corrected chi connectivity index (χ2v) is 6.09. The fraction of sp³-hybridized carbons (Fsp3) is 0.0500. The van der Waals surface area contributed by atoms with Gasteiger partial charge in [-0.1, -0.05) is 11.6 Å². The number of aromatic nitrogens is 3. The summed E-state index contributed by atoms with van der Waals surface area (Å²) in [6.45, 7) is 0. The number of alkyl halides is 1. The third-order valence-electron chi connectivity index (χ3n) is 4.16. The first-order chi connectivity index (χ1) is 13.6. The zero-order valence-corrected chi connectivity index (χ0v) is 15.0. The highest BCUT2D eigenvalue weighted by Gasteiger charge is 2.19. The van der Waals surface area contributed by atoms with Gasteiger partial charge >= 0.3 is 5.97 Å². The number of carbonyl (C=O) groups excluding carboxylic acids is 1. The van der Waals surface area contributed by atoms with E-state index in [0.717, 1.165) is 0 Å². The lowest BCUT2D eigenvalue weighted by atomic mass is 10.1. The SMILES string of the molecule is O=C(OCCl)c1cnn2c(-c3ccc(F)cc3)cc(-c3ccc(F)cc3)nc12. The standard InChI is InChI=1S/C20H12ClF2N3O2/c21-11-28-20(27)16-10-24-26-18(13-3-7-15(23)8-4-13)9-17(25-19(16)26)12-1-5-14(22)6-2-12/h1-10H,11H2. The Labute approximate surface area is 163 Å².